The molecule has 2 heterocycles. The number of rotatable bonds is 4. The highest BCUT2D eigenvalue weighted by Gasteiger charge is 2.20. The van der Waals surface area contributed by atoms with Gasteiger partial charge in [0.25, 0.3) is 5.91 Å². The van der Waals surface area contributed by atoms with Gasteiger partial charge in [-0.15, -0.1) is 11.3 Å². The fourth-order valence-electron chi connectivity index (χ4n) is 3.13. The third kappa shape index (κ3) is 3.61. The molecule has 4 rings (SSSR count). The number of nitrogens with zero attached hydrogens (tertiary/aromatic N) is 1. The van der Waals surface area contributed by atoms with Crippen molar-refractivity contribution in [1.82, 2.24) is 4.57 Å². The van der Waals surface area contributed by atoms with Crippen LogP contribution in [0.5, 0.6) is 0 Å². The largest absolute Gasteiger partial charge is 0.322 e. The first kappa shape index (κ1) is 18.5. The van der Waals surface area contributed by atoms with Crippen molar-refractivity contribution in [2.75, 3.05) is 5.32 Å². The van der Waals surface area contributed by atoms with Crippen LogP contribution in [0.25, 0.3) is 16.8 Å². The Hall–Kier alpha value is -2.82. The number of hydrogen-bond acceptors (Lipinski definition) is 2. The molecule has 0 aliphatic carbocycles. The van der Waals surface area contributed by atoms with E-state index < -0.39 is 0 Å². The molecule has 3 nitrogen and oxygen atoms in total. The average Bonchev–Trinajstić information content (AvgIpc) is 3.33. The van der Waals surface area contributed by atoms with Gasteiger partial charge in [0, 0.05) is 34.0 Å². The van der Waals surface area contributed by atoms with Crippen molar-refractivity contribution in [3.63, 3.8) is 0 Å². The molecule has 0 saturated carbocycles. The van der Waals surface area contributed by atoms with E-state index >= 15 is 0 Å². The van der Waals surface area contributed by atoms with E-state index in [1.54, 1.807) is 6.07 Å². The Kier molecular flexibility index (Phi) is 5.07. The molecule has 1 N–H and O–H groups in total. The lowest BCUT2D eigenvalue weighted by atomic mass is 10.0. The summed E-state index contributed by atoms with van der Waals surface area (Å²) < 4.78 is 1.99. The maximum absolute atomic E-state index is 13.1. The quantitative estimate of drug-likeness (QED) is 0.400. The van der Waals surface area contributed by atoms with Crippen LogP contribution in [0.1, 0.15) is 20.8 Å². The Labute approximate surface area is 173 Å². The second-order valence-corrected chi connectivity index (χ2v) is 7.99. The summed E-state index contributed by atoms with van der Waals surface area (Å²) >= 11 is 7.65. The predicted molar refractivity (Wildman–Crippen MR) is 118 cm³/mol. The molecule has 0 fully saturated rings. The zero-order valence-corrected chi connectivity index (χ0v) is 17.1. The molecule has 0 unspecified atom stereocenters. The van der Waals surface area contributed by atoms with Gasteiger partial charge in [0.1, 0.15) is 4.88 Å². The molecule has 2 aromatic heterocycles. The second-order valence-electron chi connectivity index (χ2n) is 6.70. The van der Waals surface area contributed by atoms with Crippen LogP contribution in [-0.2, 0) is 0 Å². The highest BCUT2D eigenvalue weighted by Crippen LogP contribution is 2.36. The van der Waals surface area contributed by atoms with E-state index in [4.69, 9.17) is 11.6 Å². The Bertz CT molecular complexity index is 1150. The summed E-state index contributed by atoms with van der Waals surface area (Å²) in [4.78, 5) is 13.7. The highest BCUT2D eigenvalue weighted by atomic mass is 35.5. The van der Waals surface area contributed by atoms with Crippen molar-refractivity contribution in [2.45, 2.75) is 13.8 Å². The summed E-state index contributed by atoms with van der Waals surface area (Å²) in [7, 11) is 0. The molecule has 5 heteroatoms. The van der Waals surface area contributed by atoms with Crippen LogP contribution >= 0.6 is 22.9 Å². The molecule has 0 radical (unpaired) electrons. The number of benzene rings is 2. The number of thiophene rings is 1. The SMILES string of the molecule is Cc1cccc(-c2csc(C(=O)Nc3ccc(C)c(Cl)c3)c2-n2cccc2)c1. The first-order valence-corrected chi connectivity index (χ1v) is 10.2. The van der Waals surface area contributed by atoms with Gasteiger partial charge < -0.3 is 9.88 Å². The first-order chi connectivity index (χ1) is 13.5. The van der Waals surface area contributed by atoms with Crippen molar-refractivity contribution < 1.29 is 4.79 Å². The number of halogens is 1. The number of carbonyl (C=O) groups is 1. The number of amides is 1. The first-order valence-electron chi connectivity index (χ1n) is 8.92. The van der Waals surface area contributed by atoms with Crippen molar-refractivity contribution in [1.29, 1.82) is 0 Å². The summed E-state index contributed by atoms with van der Waals surface area (Å²) in [5.41, 5.74) is 5.86. The molecule has 0 aliphatic rings. The summed E-state index contributed by atoms with van der Waals surface area (Å²) in [5, 5.41) is 5.66. The number of nitrogens with one attached hydrogen (secondary N) is 1. The molecule has 4 aromatic rings. The van der Waals surface area contributed by atoms with Crippen LogP contribution in [0.3, 0.4) is 0 Å². The Morgan fingerprint density at radius 3 is 2.54 bits per heavy atom. The third-order valence-corrected chi connectivity index (χ3v) is 5.97. The van der Waals surface area contributed by atoms with Crippen LogP contribution in [0.2, 0.25) is 5.02 Å². The van der Waals surface area contributed by atoms with Crippen LogP contribution < -0.4 is 5.32 Å². The molecule has 0 bridgehead atoms. The van der Waals surface area contributed by atoms with Crippen LogP contribution in [0.4, 0.5) is 5.69 Å². The highest BCUT2D eigenvalue weighted by molar-refractivity contribution is 7.13. The van der Waals surface area contributed by atoms with Gasteiger partial charge in [0.2, 0.25) is 0 Å². The minimum absolute atomic E-state index is 0.146. The number of anilines is 1. The lowest BCUT2D eigenvalue weighted by molar-refractivity contribution is 0.103. The van der Waals surface area contributed by atoms with Gasteiger partial charge in [0.15, 0.2) is 0 Å². The maximum atomic E-state index is 13.1. The van der Waals surface area contributed by atoms with Gasteiger partial charge in [-0.1, -0.05) is 47.5 Å². The van der Waals surface area contributed by atoms with Crippen molar-refractivity contribution in [2.24, 2.45) is 0 Å². The van der Waals surface area contributed by atoms with Crippen molar-refractivity contribution in [3.05, 3.63) is 93.4 Å². The monoisotopic (exact) mass is 406 g/mol. The van der Waals surface area contributed by atoms with E-state index in [0.717, 1.165) is 22.4 Å². The number of carbonyl (C=O) groups excluding carboxylic acids is 1. The molecule has 0 aliphatic heterocycles. The Morgan fingerprint density at radius 2 is 1.82 bits per heavy atom. The van der Waals surface area contributed by atoms with E-state index in [1.165, 1.54) is 16.9 Å². The van der Waals surface area contributed by atoms with Gasteiger partial charge in [-0.25, -0.2) is 0 Å². The molecule has 0 spiro atoms. The van der Waals surface area contributed by atoms with Gasteiger partial charge in [-0.3, -0.25) is 4.79 Å². The predicted octanol–water partition coefficient (Wildman–Crippen LogP) is 6.73. The van der Waals surface area contributed by atoms with Gasteiger partial charge >= 0.3 is 0 Å². The van der Waals surface area contributed by atoms with Crippen LogP contribution in [0.15, 0.2) is 72.4 Å². The molecule has 1 amide bonds. The van der Waals surface area contributed by atoms with Crippen LogP contribution in [0, 0.1) is 13.8 Å². The molecule has 140 valence electrons. The minimum atomic E-state index is -0.146. The normalized spacial score (nSPS) is 10.8. The lowest BCUT2D eigenvalue weighted by Gasteiger charge is -2.11. The van der Waals surface area contributed by atoms with Crippen LogP contribution in [-0.4, -0.2) is 10.5 Å². The molecular weight excluding hydrogens is 388 g/mol. The fourth-order valence-corrected chi connectivity index (χ4v) is 4.28. The Balaban J connectivity index is 1.76. The molecule has 28 heavy (non-hydrogen) atoms. The summed E-state index contributed by atoms with van der Waals surface area (Å²) in [6.45, 7) is 4.01. The van der Waals surface area contributed by atoms with Gasteiger partial charge in [-0.2, -0.15) is 0 Å². The lowest BCUT2D eigenvalue weighted by Crippen LogP contribution is -2.13. The van der Waals surface area contributed by atoms with E-state index in [2.05, 4.69) is 30.4 Å². The van der Waals surface area contributed by atoms with E-state index in [1.807, 2.05) is 59.6 Å². The maximum Gasteiger partial charge on any atom is 0.267 e. The number of aryl methyl sites for hydroxylation is 2. The molecule has 0 saturated heterocycles. The summed E-state index contributed by atoms with van der Waals surface area (Å²) in [6, 6.07) is 17.8. The number of aromatic nitrogens is 1. The van der Waals surface area contributed by atoms with E-state index in [-0.39, 0.29) is 5.91 Å². The smallest absolute Gasteiger partial charge is 0.267 e. The Morgan fingerprint density at radius 1 is 1.04 bits per heavy atom. The van der Waals surface area contributed by atoms with Crippen molar-refractivity contribution >= 4 is 34.5 Å². The minimum Gasteiger partial charge on any atom is -0.322 e. The molecular formula is C23H19ClN2OS. The average molecular weight is 407 g/mol. The third-order valence-electron chi connectivity index (χ3n) is 4.59. The topological polar surface area (TPSA) is 34.0 Å². The van der Waals surface area contributed by atoms with E-state index in [9.17, 15) is 4.79 Å². The second kappa shape index (κ2) is 7.66. The molecule has 0 atom stereocenters. The van der Waals surface area contributed by atoms with Gasteiger partial charge in [0.05, 0.1) is 5.69 Å². The molecule has 2 aromatic carbocycles. The summed E-state index contributed by atoms with van der Waals surface area (Å²) in [6.07, 6.45) is 3.92. The standard InChI is InChI=1S/C23H19ClN2OS/c1-15-6-5-7-17(12-15)19-14-28-22(21(19)26-10-3-4-11-26)23(27)25-18-9-8-16(2)20(24)13-18/h3-14H,1-2H3,(H,25,27). The zero-order chi connectivity index (χ0) is 19.7. The van der Waals surface area contributed by atoms with E-state index in [0.29, 0.717) is 15.6 Å². The zero-order valence-electron chi connectivity index (χ0n) is 15.6. The van der Waals surface area contributed by atoms with Crippen molar-refractivity contribution in [3.8, 4) is 16.8 Å². The fraction of sp³-hybridized carbons (Fsp3) is 0.0870. The number of hydrogen-bond donors (Lipinski definition) is 1. The summed E-state index contributed by atoms with van der Waals surface area (Å²) in [5.74, 6) is -0.146. The van der Waals surface area contributed by atoms with Gasteiger partial charge in [-0.05, 0) is 49.2 Å².